The Labute approximate surface area is 145 Å². The molecule has 1 amide bonds. The number of benzene rings is 2. The Hall–Kier alpha value is -2.90. The van der Waals surface area contributed by atoms with Crippen molar-refractivity contribution in [3.8, 4) is 11.3 Å². The van der Waals surface area contributed by atoms with E-state index in [4.69, 9.17) is 4.42 Å². The molecule has 3 aromatic rings. The quantitative estimate of drug-likeness (QED) is 0.688. The maximum atomic E-state index is 12.3. The summed E-state index contributed by atoms with van der Waals surface area (Å²) in [5.74, 6) is 0.0682. The number of rotatable bonds is 5. The summed E-state index contributed by atoms with van der Waals surface area (Å²) in [5, 5.41) is 0. The van der Waals surface area contributed by atoms with E-state index in [0.717, 1.165) is 11.1 Å². The van der Waals surface area contributed by atoms with Crippen molar-refractivity contribution in [1.29, 1.82) is 0 Å². The Morgan fingerprint density at radius 3 is 2.44 bits per heavy atom. The first-order chi connectivity index (χ1) is 12.0. The highest BCUT2D eigenvalue weighted by Crippen LogP contribution is 2.22. The molecule has 0 radical (unpaired) electrons. The van der Waals surface area contributed by atoms with Gasteiger partial charge in [-0.1, -0.05) is 18.2 Å². The van der Waals surface area contributed by atoms with Gasteiger partial charge in [0.2, 0.25) is 0 Å². The van der Waals surface area contributed by atoms with E-state index in [9.17, 15) is 13.2 Å². The van der Waals surface area contributed by atoms with Crippen LogP contribution in [0, 0.1) is 6.92 Å². The molecular formula is C18H16N2O4S. The van der Waals surface area contributed by atoms with Gasteiger partial charge >= 0.3 is 0 Å². The molecule has 1 heterocycles. The fraction of sp³-hybridized carbons (Fsp3) is 0.0556. The lowest BCUT2D eigenvalue weighted by molar-refractivity contribution is 0.0945. The molecule has 0 aliphatic rings. The van der Waals surface area contributed by atoms with E-state index < -0.39 is 15.9 Å². The summed E-state index contributed by atoms with van der Waals surface area (Å²) in [6, 6.07) is 16.5. The van der Waals surface area contributed by atoms with Crippen LogP contribution in [0.25, 0.3) is 11.3 Å². The third-order valence-corrected chi connectivity index (χ3v) is 4.76. The van der Waals surface area contributed by atoms with Crippen LogP contribution >= 0.6 is 0 Å². The van der Waals surface area contributed by atoms with E-state index in [1.54, 1.807) is 48.7 Å². The van der Waals surface area contributed by atoms with Crippen molar-refractivity contribution in [2.24, 2.45) is 0 Å². The van der Waals surface area contributed by atoms with Crippen molar-refractivity contribution in [3.63, 3.8) is 0 Å². The number of nitrogens with one attached hydrogen (secondary N) is 2. The minimum absolute atomic E-state index is 0.0656. The molecule has 0 aliphatic carbocycles. The van der Waals surface area contributed by atoms with Crippen molar-refractivity contribution in [2.75, 3.05) is 0 Å². The highest BCUT2D eigenvalue weighted by molar-refractivity contribution is 7.89. The molecule has 0 bridgehead atoms. The third-order valence-electron chi connectivity index (χ3n) is 3.50. The average molecular weight is 356 g/mol. The van der Waals surface area contributed by atoms with E-state index in [2.05, 4.69) is 10.3 Å². The summed E-state index contributed by atoms with van der Waals surface area (Å²) < 4.78 is 29.6. The number of aryl methyl sites for hydroxylation is 1. The highest BCUT2D eigenvalue weighted by atomic mass is 32.2. The Bertz CT molecular complexity index is 981. The van der Waals surface area contributed by atoms with Gasteiger partial charge in [-0.3, -0.25) is 10.2 Å². The van der Waals surface area contributed by atoms with Gasteiger partial charge in [0.15, 0.2) is 0 Å². The number of sulfonamides is 1. The standard InChI is InChI=1S/C18H16N2O4S/c1-13-10-14(17-8-5-9-24-17)12-15(11-13)18(21)19-20-25(22,23)16-6-3-2-4-7-16/h2-12,20H,1H3,(H,19,21). The van der Waals surface area contributed by atoms with Crippen LogP contribution in [0.5, 0.6) is 0 Å². The Morgan fingerprint density at radius 1 is 1.00 bits per heavy atom. The molecule has 2 N–H and O–H groups in total. The minimum atomic E-state index is -3.83. The van der Waals surface area contributed by atoms with Crippen molar-refractivity contribution >= 4 is 15.9 Å². The summed E-state index contributed by atoms with van der Waals surface area (Å²) in [5.41, 5.74) is 4.14. The molecule has 0 aliphatic heterocycles. The highest BCUT2D eigenvalue weighted by Gasteiger charge is 2.16. The molecule has 7 heteroatoms. The zero-order valence-electron chi connectivity index (χ0n) is 13.4. The van der Waals surface area contributed by atoms with Gasteiger partial charge in [0.05, 0.1) is 11.2 Å². The molecule has 1 aromatic heterocycles. The monoisotopic (exact) mass is 356 g/mol. The predicted octanol–water partition coefficient (Wildman–Crippen LogP) is 2.88. The van der Waals surface area contributed by atoms with Gasteiger partial charge < -0.3 is 4.42 Å². The van der Waals surface area contributed by atoms with Crippen LogP contribution in [-0.2, 0) is 10.0 Å². The zero-order valence-corrected chi connectivity index (χ0v) is 14.2. The SMILES string of the molecule is Cc1cc(C(=O)NNS(=O)(=O)c2ccccc2)cc(-c2ccco2)c1. The first-order valence-electron chi connectivity index (χ1n) is 7.48. The second kappa shape index (κ2) is 6.92. The van der Waals surface area contributed by atoms with E-state index in [0.29, 0.717) is 11.3 Å². The maximum Gasteiger partial charge on any atom is 0.266 e. The fourth-order valence-electron chi connectivity index (χ4n) is 2.34. The first kappa shape index (κ1) is 16.9. The van der Waals surface area contributed by atoms with Gasteiger partial charge in [0.1, 0.15) is 5.76 Å². The maximum absolute atomic E-state index is 12.3. The predicted molar refractivity (Wildman–Crippen MR) is 93.1 cm³/mol. The number of hydrogen-bond acceptors (Lipinski definition) is 4. The zero-order chi connectivity index (χ0) is 17.9. The Kier molecular flexibility index (Phi) is 4.69. The van der Waals surface area contributed by atoms with Crippen LogP contribution in [0.2, 0.25) is 0 Å². The lowest BCUT2D eigenvalue weighted by Gasteiger charge is -2.10. The van der Waals surface area contributed by atoms with Crippen LogP contribution in [0.3, 0.4) is 0 Å². The lowest BCUT2D eigenvalue weighted by Crippen LogP contribution is -2.41. The minimum Gasteiger partial charge on any atom is -0.464 e. The molecule has 0 spiro atoms. The Balaban J connectivity index is 1.78. The van der Waals surface area contributed by atoms with Crippen LogP contribution in [-0.4, -0.2) is 14.3 Å². The number of hydrogen-bond donors (Lipinski definition) is 2. The van der Waals surface area contributed by atoms with Gasteiger partial charge in [-0.15, -0.1) is 4.83 Å². The molecule has 25 heavy (non-hydrogen) atoms. The summed E-state index contributed by atoms with van der Waals surface area (Å²) in [6.45, 7) is 1.84. The topological polar surface area (TPSA) is 88.4 Å². The number of amides is 1. The molecule has 0 saturated carbocycles. The third kappa shape index (κ3) is 3.96. The molecule has 0 fully saturated rings. The van der Waals surface area contributed by atoms with Crippen LogP contribution < -0.4 is 10.3 Å². The van der Waals surface area contributed by atoms with Crippen molar-refractivity contribution in [3.05, 3.63) is 78.1 Å². The summed E-state index contributed by atoms with van der Waals surface area (Å²) in [4.78, 5) is 14.5. The lowest BCUT2D eigenvalue weighted by atomic mass is 10.0. The van der Waals surface area contributed by atoms with Crippen LogP contribution in [0.1, 0.15) is 15.9 Å². The normalized spacial score (nSPS) is 11.2. The molecule has 0 unspecified atom stereocenters. The number of carbonyl (C=O) groups excluding carboxylic acids is 1. The average Bonchev–Trinajstić information content (AvgIpc) is 3.15. The fourth-order valence-corrected chi connectivity index (χ4v) is 3.20. The second-order valence-corrected chi connectivity index (χ2v) is 7.12. The van der Waals surface area contributed by atoms with Crippen LogP contribution in [0.4, 0.5) is 0 Å². The molecule has 128 valence electrons. The second-order valence-electron chi connectivity index (χ2n) is 5.44. The molecule has 3 rings (SSSR count). The molecule has 0 saturated heterocycles. The van der Waals surface area contributed by atoms with Gasteiger partial charge in [0.25, 0.3) is 15.9 Å². The number of carbonyl (C=O) groups is 1. The van der Waals surface area contributed by atoms with Crippen molar-refractivity contribution < 1.29 is 17.6 Å². The molecule has 0 atom stereocenters. The molecular weight excluding hydrogens is 340 g/mol. The summed E-state index contributed by atoms with van der Waals surface area (Å²) >= 11 is 0. The first-order valence-corrected chi connectivity index (χ1v) is 8.97. The van der Waals surface area contributed by atoms with Crippen molar-refractivity contribution in [2.45, 2.75) is 11.8 Å². The van der Waals surface area contributed by atoms with E-state index in [1.807, 2.05) is 13.0 Å². The van der Waals surface area contributed by atoms with E-state index in [1.165, 1.54) is 12.1 Å². The van der Waals surface area contributed by atoms with Crippen molar-refractivity contribution in [1.82, 2.24) is 10.3 Å². The largest absolute Gasteiger partial charge is 0.464 e. The van der Waals surface area contributed by atoms with Gasteiger partial charge in [-0.2, -0.15) is 0 Å². The molecule has 2 aromatic carbocycles. The van der Waals surface area contributed by atoms with Gasteiger partial charge in [0, 0.05) is 11.1 Å². The Morgan fingerprint density at radius 2 is 1.76 bits per heavy atom. The number of furan rings is 1. The number of hydrazine groups is 1. The van der Waals surface area contributed by atoms with E-state index >= 15 is 0 Å². The van der Waals surface area contributed by atoms with Gasteiger partial charge in [-0.25, -0.2) is 8.42 Å². The van der Waals surface area contributed by atoms with Crippen LogP contribution in [0.15, 0.2) is 76.2 Å². The van der Waals surface area contributed by atoms with E-state index in [-0.39, 0.29) is 4.90 Å². The van der Waals surface area contributed by atoms with Gasteiger partial charge in [-0.05, 0) is 55.0 Å². The molecule has 6 nitrogen and oxygen atoms in total. The smallest absolute Gasteiger partial charge is 0.266 e. The summed E-state index contributed by atoms with van der Waals surface area (Å²) in [7, 11) is -3.83. The summed E-state index contributed by atoms with van der Waals surface area (Å²) in [6.07, 6.45) is 1.55.